The van der Waals surface area contributed by atoms with Crippen molar-refractivity contribution in [3.05, 3.63) is 95.6 Å². The smallest absolute Gasteiger partial charge is 0.471 e. The Morgan fingerprint density at radius 2 is 1.32 bits per heavy atom. The van der Waals surface area contributed by atoms with E-state index in [1.807, 2.05) is 84.2 Å². The molecule has 2 amide bonds. The Kier molecular flexibility index (Phi) is 13.0. The highest BCUT2D eigenvalue weighted by Gasteiger charge is 2.39. The van der Waals surface area contributed by atoms with Gasteiger partial charge in [0.15, 0.2) is 0 Å². The van der Waals surface area contributed by atoms with Crippen molar-refractivity contribution in [1.82, 2.24) is 10.2 Å². The number of aliphatic hydroxyl groups excluding tert-OH is 1. The molecule has 0 spiro atoms. The number of rotatable bonds is 17. The predicted octanol–water partition coefficient (Wildman–Crippen LogP) is 5.07. The van der Waals surface area contributed by atoms with Crippen LogP contribution in [0.2, 0.25) is 0 Å². The van der Waals surface area contributed by atoms with E-state index in [4.69, 9.17) is 14.2 Å². The van der Waals surface area contributed by atoms with Crippen LogP contribution in [-0.4, -0.2) is 75.1 Å². The molecule has 8 nitrogen and oxygen atoms in total. The van der Waals surface area contributed by atoms with Crippen LogP contribution in [0.15, 0.2) is 78.9 Å². The SMILES string of the molecule is COc1ccc(C(OCCN(CCO)C(=O)CCCCCNC(=O)C(F)(F)F)(c2ccccc2)c2ccc(OC)cc2)cc1. The lowest BCUT2D eigenvalue weighted by Gasteiger charge is -2.37. The van der Waals surface area contributed by atoms with Crippen molar-refractivity contribution in [3.63, 3.8) is 0 Å². The molecule has 0 heterocycles. The summed E-state index contributed by atoms with van der Waals surface area (Å²) in [5, 5.41) is 11.5. The Labute approximate surface area is 255 Å². The predicted molar refractivity (Wildman–Crippen MR) is 159 cm³/mol. The molecule has 3 aromatic rings. The van der Waals surface area contributed by atoms with E-state index in [0.29, 0.717) is 30.8 Å². The van der Waals surface area contributed by atoms with Crippen molar-refractivity contribution in [1.29, 1.82) is 0 Å². The highest BCUT2D eigenvalue weighted by Crippen LogP contribution is 2.41. The molecule has 0 aliphatic rings. The van der Waals surface area contributed by atoms with Crippen molar-refractivity contribution in [2.75, 3.05) is 47.1 Å². The average Bonchev–Trinajstić information content (AvgIpc) is 3.04. The molecule has 0 aliphatic carbocycles. The molecule has 11 heteroatoms. The molecule has 238 valence electrons. The van der Waals surface area contributed by atoms with Crippen molar-refractivity contribution >= 4 is 11.8 Å². The summed E-state index contributed by atoms with van der Waals surface area (Å²) in [6.45, 7) is 0.0619. The molecule has 0 radical (unpaired) electrons. The number of aliphatic hydroxyl groups is 1. The Morgan fingerprint density at radius 3 is 1.82 bits per heavy atom. The quantitative estimate of drug-likeness (QED) is 0.162. The van der Waals surface area contributed by atoms with Gasteiger partial charge in [-0.15, -0.1) is 0 Å². The lowest BCUT2D eigenvalue weighted by Crippen LogP contribution is -2.39. The van der Waals surface area contributed by atoms with Gasteiger partial charge >= 0.3 is 12.1 Å². The van der Waals surface area contributed by atoms with Gasteiger partial charge in [-0.25, -0.2) is 0 Å². The molecule has 0 fully saturated rings. The molecule has 0 saturated carbocycles. The van der Waals surface area contributed by atoms with Gasteiger partial charge in [0.05, 0.1) is 27.4 Å². The maximum absolute atomic E-state index is 13.0. The molecule has 0 aromatic heterocycles. The number of hydrogen-bond acceptors (Lipinski definition) is 6. The van der Waals surface area contributed by atoms with Crippen molar-refractivity contribution < 1.29 is 42.1 Å². The second-order valence-corrected chi connectivity index (χ2v) is 10.0. The van der Waals surface area contributed by atoms with Crippen LogP contribution in [0.3, 0.4) is 0 Å². The zero-order chi connectivity index (χ0) is 32.0. The van der Waals surface area contributed by atoms with Gasteiger partial charge in [0, 0.05) is 26.1 Å². The van der Waals surface area contributed by atoms with Crippen LogP contribution in [0.1, 0.15) is 42.4 Å². The van der Waals surface area contributed by atoms with Gasteiger partial charge in [-0.1, -0.05) is 61.0 Å². The third-order valence-electron chi connectivity index (χ3n) is 7.19. The summed E-state index contributed by atoms with van der Waals surface area (Å²) in [6.07, 6.45) is -3.58. The molecule has 2 N–H and O–H groups in total. The first-order valence-corrected chi connectivity index (χ1v) is 14.4. The normalized spacial score (nSPS) is 11.6. The average molecular weight is 617 g/mol. The summed E-state index contributed by atoms with van der Waals surface area (Å²) in [6, 6.07) is 24.9. The van der Waals surface area contributed by atoms with E-state index in [1.165, 1.54) is 4.90 Å². The topological polar surface area (TPSA) is 97.3 Å². The molecular weight excluding hydrogens is 577 g/mol. The molecule has 0 unspecified atom stereocenters. The number of alkyl halides is 3. The van der Waals surface area contributed by atoms with Gasteiger partial charge in [-0.2, -0.15) is 13.2 Å². The van der Waals surface area contributed by atoms with Crippen LogP contribution in [0.4, 0.5) is 13.2 Å². The lowest BCUT2D eigenvalue weighted by molar-refractivity contribution is -0.173. The van der Waals surface area contributed by atoms with E-state index in [2.05, 4.69) is 0 Å². The van der Waals surface area contributed by atoms with Gasteiger partial charge in [0.1, 0.15) is 17.1 Å². The Morgan fingerprint density at radius 1 is 0.773 bits per heavy atom. The summed E-state index contributed by atoms with van der Waals surface area (Å²) < 4.78 is 54.5. The monoisotopic (exact) mass is 616 g/mol. The maximum Gasteiger partial charge on any atom is 0.471 e. The first-order valence-electron chi connectivity index (χ1n) is 14.4. The Balaban J connectivity index is 1.76. The summed E-state index contributed by atoms with van der Waals surface area (Å²) in [5.41, 5.74) is 1.49. The number of unbranched alkanes of at least 4 members (excludes halogenated alkanes) is 2. The Bertz CT molecular complexity index is 1250. The van der Waals surface area contributed by atoms with Gasteiger partial charge in [-0.3, -0.25) is 9.59 Å². The number of methoxy groups -OCH3 is 2. The largest absolute Gasteiger partial charge is 0.497 e. The van der Waals surface area contributed by atoms with Crippen molar-refractivity contribution in [3.8, 4) is 11.5 Å². The highest BCUT2D eigenvalue weighted by atomic mass is 19.4. The van der Waals surface area contributed by atoms with Crippen LogP contribution in [0, 0.1) is 0 Å². The number of benzene rings is 3. The second-order valence-electron chi connectivity index (χ2n) is 10.0. The van der Waals surface area contributed by atoms with Gasteiger partial charge in [-0.05, 0) is 53.8 Å². The molecule has 44 heavy (non-hydrogen) atoms. The third kappa shape index (κ3) is 9.20. The first-order chi connectivity index (χ1) is 21.1. The summed E-state index contributed by atoms with van der Waals surface area (Å²) >= 11 is 0. The summed E-state index contributed by atoms with van der Waals surface area (Å²) in [4.78, 5) is 25.5. The minimum atomic E-state index is -4.91. The summed E-state index contributed by atoms with van der Waals surface area (Å²) in [5.74, 6) is -0.805. The molecule has 3 rings (SSSR count). The second kappa shape index (κ2) is 16.7. The van der Waals surface area contributed by atoms with Crippen LogP contribution in [0.5, 0.6) is 11.5 Å². The fourth-order valence-electron chi connectivity index (χ4n) is 4.90. The molecule has 0 atom stereocenters. The van der Waals surface area contributed by atoms with E-state index in [0.717, 1.165) is 16.7 Å². The standard InChI is InChI=1S/C33H39F3N2O6/c1-42-28-16-12-26(13-17-28)32(25-9-5-3-6-10-25,27-14-18-29(43-2)19-15-27)44-24-22-38(21-23-39)30(40)11-7-4-8-20-37-31(41)33(34,35)36/h3,5-6,9-10,12-19,39H,4,7-8,11,20-24H2,1-2H3,(H,37,41). The zero-order valence-corrected chi connectivity index (χ0v) is 24.9. The van der Waals surface area contributed by atoms with E-state index in [9.17, 15) is 27.9 Å². The number of ether oxygens (including phenoxy) is 3. The van der Waals surface area contributed by atoms with Gasteiger partial charge < -0.3 is 29.5 Å². The fraction of sp³-hybridized carbons (Fsp3) is 0.394. The minimum absolute atomic E-state index is 0.104. The number of nitrogens with one attached hydrogen (secondary N) is 1. The number of carbonyl (C=O) groups is 2. The molecule has 0 saturated heterocycles. The molecule has 3 aromatic carbocycles. The minimum Gasteiger partial charge on any atom is -0.497 e. The van der Waals surface area contributed by atoms with Gasteiger partial charge in [0.25, 0.3) is 0 Å². The Hall–Kier alpha value is -4.09. The van der Waals surface area contributed by atoms with E-state index in [-0.39, 0.29) is 45.2 Å². The van der Waals surface area contributed by atoms with E-state index in [1.54, 1.807) is 14.2 Å². The first kappa shape index (κ1) is 34.4. The molecule has 0 aliphatic heterocycles. The lowest BCUT2D eigenvalue weighted by atomic mass is 9.80. The van der Waals surface area contributed by atoms with E-state index >= 15 is 0 Å². The van der Waals surface area contributed by atoms with Crippen molar-refractivity contribution in [2.24, 2.45) is 0 Å². The molecular formula is C33H39F3N2O6. The van der Waals surface area contributed by atoms with E-state index < -0.39 is 17.7 Å². The number of amides is 2. The van der Waals surface area contributed by atoms with Gasteiger partial charge in [0.2, 0.25) is 5.91 Å². The molecule has 0 bridgehead atoms. The number of halogens is 3. The van der Waals surface area contributed by atoms with Crippen LogP contribution in [0.25, 0.3) is 0 Å². The van der Waals surface area contributed by atoms with Crippen LogP contribution < -0.4 is 14.8 Å². The van der Waals surface area contributed by atoms with Crippen molar-refractivity contribution in [2.45, 2.75) is 37.5 Å². The zero-order valence-electron chi connectivity index (χ0n) is 24.9. The number of nitrogens with zero attached hydrogens (tertiary/aromatic N) is 1. The maximum atomic E-state index is 13.0. The number of hydrogen-bond donors (Lipinski definition) is 2. The van der Waals surface area contributed by atoms with Crippen LogP contribution >= 0.6 is 0 Å². The summed E-state index contributed by atoms with van der Waals surface area (Å²) in [7, 11) is 3.19. The third-order valence-corrected chi connectivity index (χ3v) is 7.19. The number of carbonyl (C=O) groups excluding carboxylic acids is 2. The fourth-order valence-corrected chi connectivity index (χ4v) is 4.90. The highest BCUT2D eigenvalue weighted by molar-refractivity contribution is 5.81. The van der Waals surface area contributed by atoms with Crippen LogP contribution in [-0.2, 0) is 19.9 Å².